The molecule has 1 heterocycles. The minimum Gasteiger partial charge on any atom is -0.496 e. The first kappa shape index (κ1) is 23.7. The lowest BCUT2D eigenvalue weighted by molar-refractivity contribution is -0.153. The third kappa shape index (κ3) is 6.53. The van der Waals surface area contributed by atoms with Crippen LogP contribution in [0.15, 0.2) is 30.3 Å². The molecule has 1 aromatic rings. The molecular weight excluding hydrogens is 430 g/mol. The molecule has 8 nitrogen and oxygen atoms in total. The monoisotopic (exact) mass is 459 g/mol. The van der Waals surface area contributed by atoms with Gasteiger partial charge in [-0.3, -0.25) is 19.7 Å². The van der Waals surface area contributed by atoms with Crippen LogP contribution >= 0.6 is 12.2 Å². The van der Waals surface area contributed by atoms with E-state index in [9.17, 15) is 14.4 Å². The van der Waals surface area contributed by atoms with Crippen LogP contribution in [0.4, 0.5) is 0 Å². The number of methoxy groups -OCH3 is 1. The van der Waals surface area contributed by atoms with E-state index < -0.39 is 17.9 Å². The largest absolute Gasteiger partial charge is 0.496 e. The molecule has 1 aliphatic heterocycles. The number of hydrogen-bond donors (Lipinski definition) is 2. The Hall–Kier alpha value is -2.94. The van der Waals surface area contributed by atoms with Gasteiger partial charge in [0, 0.05) is 24.7 Å². The number of piperazine rings is 1. The minimum absolute atomic E-state index is 0.0804. The van der Waals surface area contributed by atoms with Crippen molar-refractivity contribution >= 4 is 41.2 Å². The number of hydrogen-bond acceptors (Lipinski definition) is 6. The Bertz CT molecular complexity index is 882. The SMILES string of the molecule is COc1ccccc1/C=C/C(=O)NC(=S)N1CCNC(=O)C1CC(=O)OC1CCCCC1. The first-order chi connectivity index (χ1) is 15.5. The standard InChI is InChI=1S/C23H29N3O5S/c1-30-19-10-6-5-7-16(19)11-12-20(27)25-23(32)26-14-13-24-22(29)18(26)15-21(28)31-17-8-3-2-4-9-17/h5-7,10-12,17-18H,2-4,8-9,13-15H2,1H3,(H,24,29)(H,25,27,32)/b12-11+. The fourth-order valence-electron chi connectivity index (χ4n) is 3.92. The highest BCUT2D eigenvalue weighted by molar-refractivity contribution is 7.80. The van der Waals surface area contributed by atoms with Crippen LogP contribution in [0, 0.1) is 0 Å². The molecule has 0 aromatic heterocycles. The molecule has 0 spiro atoms. The van der Waals surface area contributed by atoms with Gasteiger partial charge in [-0.25, -0.2) is 0 Å². The Morgan fingerprint density at radius 2 is 2.00 bits per heavy atom. The smallest absolute Gasteiger partial charge is 0.308 e. The fourth-order valence-corrected chi connectivity index (χ4v) is 4.24. The van der Waals surface area contributed by atoms with E-state index >= 15 is 0 Å². The molecule has 2 fully saturated rings. The highest BCUT2D eigenvalue weighted by Crippen LogP contribution is 2.22. The van der Waals surface area contributed by atoms with Gasteiger partial charge in [0.25, 0.3) is 0 Å². The van der Waals surface area contributed by atoms with Crippen LogP contribution in [0.5, 0.6) is 5.75 Å². The summed E-state index contributed by atoms with van der Waals surface area (Å²) < 4.78 is 10.8. The van der Waals surface area contributed by atoms with Crippen LogP contribution < -0.4 is 15.4 Å². The molecule has 0 radical (unpaired) electrons. The van der Waals surface area contributed by atoms with Crippen LogP contribution in [-0.4, -0.2) is 60.1 Å². The summed E-state index contributed by atoms with van der Waals surface area (Å²) in [5.41, 5.74) is 0.747. The van der Waals surface area contributed by atoms with Gasteiger partial charge < -0.3 is 19.7 Å². The number of esters is 1. The predicted molar refractivity (Wildman–Crippen MR) is 124 cm³/mol. The Morgan fingerprint density at radius 1 is 1.25 bits per heavy atom. The Balaban J connectivity index is 1.58. The second-order valence-electron chi connectivity index (χ2n) is 7.82. The van der Waals surface area contributed by atoms with E-state index in [4.69, 9.17) is 21.7 Å². The molecule has 3 rings (SSSR count). The zero-order valence-corrected chi connectivity index (χ0v) is 19.0. The lowest BCUT2D eigenvalue weighted by atomic mass is 9.98. The fraction of sp³-hybridized carbons (Fsp3) is 0.478. The van der Waals surface area contributed by atoms with Crippen LogP contribution in [0.1, 0.15) is 44.1 Å². The van der Waals surface area contributed by atoms with E-state index in [0.717, 1.165) is 37.7 Å². The van der Waals surface area contributed by atoms with Crippen LogP contribution in [0.2, 0.25) is 0 Å². The van der Waals surface area contributed by atoms with Gasteiger partial charge in [-0.2, -0.15) is 0 Å². The van der Waals surface area contributed by atoms with Crippen LogP contribution in [0.3, 0.4) is 0 Å². The van der Waals surface area contributed by atoms with Gasteiger partial charge in [0.2, 0.25) is 11.8 Å². The van der Waals surface area contributed by atoms with E-state index in [1.54, 1.807) is 24.2 Å². The van der Waals surface area contributed by atoms with Crippen molar-refractivity contribution in [3.63, 3.8) is 0 Å². The summed E-state index contributed by atoms with van der Waals surface area (Å²) in [5, 5.41) is 5.47. The second-order valence-corrected chi connectivity index (χ2v) is 8.21. The summed E-state index contributed by atoms with van der Waals surface area (Å²) in [7, 11) is 1.56. The Labute approximate surface area is 193 Å². The first-order valence-electron chi connectivity index (χ1n) is 10.9. The molecule has 1 saturated carbocycles. The van der Waals surface area contributed by atoms with Gasteiger partial charge >= 0.3 is 5.97 Å². The Kier molecular flexibility index (Phi) is 8.61. The van der Waals surface area contributed by atoms with E-state index in [0.29, 0.717) is 18.8 Å². The molecular formula is C23H29N3O5S. The zero-order chi connectivity index (χ0) is 22.9. The molecule has 1 atom stereocenters. The van der Waals surface area contributed by atoms with Crippen molar-refractivity contribution in [1.29, 1.82) is 0 Å². The molecule has 1 aliphatic carbocycles. The highest BCUT2D eigenvalue weighted by atomic mass is 32.1. The summed E-state index contributed by atoms with van der Waals surface area (Å²) >= 11 is 5.38. The lowest BCUT2D eigenvalue weighted by Crippen LogP contribution is -2.60. The average Bonchev–Trinajstić information content (AvgIpc) is 2.79. The van der Waals surface area contributed by atoms with Gasteiger partial charge in [0.05, 0.1) is 13.5 Å². The number of amides is 2. The molecule has 2 N–H and O–H groups in total. The van der Waals surface area contributed by atoms with Crippen LogP contribution in [0.25, 0.3) is 6.08 Å². The third-order valence-corrected chi connectivity index (χ3v) is 5.92. The number of nitrogens with one attached hydrogen (secondary N) is 2. The first-order valence-corrected chi connectivity index (χ1v) is 11.3. The molecule has 0 bridgehead atoms. The number of nitrogens with zero attached hydrogens (tertiary/aromatic N) is 1. The number of benzene rings is 1. The molecule has 32 heavy (non-hydrogen) atoms. The molecule has 172 valence electrons. The molecule has 1 aromatic carbocycles. The number of para-hydroxylation sites is 1. The van der Waals surface area contributed by atoms with Crippen molar-refractivity contribution in [2.24, 2.45) is 0 Å². The van der Waals surface area contributed by atoms with Gasteiger partial charge in [0.1, 0.15) is 17.9 Å². The number of carbonyl (C=O) groups is 3. The van der Waals surface area contributed by atoms with E-state index in [2.05, 4.69) is 10.6 Å². The number of ether oxygens (including phenoxy) is 2. The number of carbonyl (C=O) groups excluding carboxylic acids is 3. The van der Waals surface area contributed by atoms with Gasteiger partial charge in [-0.15, -0.1) is 0 Å². The molecule has 9 heteroatoms. The van der Waals surface area contributed by atoms with Gasteiger partial charge in [-0.1, -0.05) is 24.6 Å². The average molecular weight is 460 g/mol. The lowest BCUT2D eigenvalue weighted by Gasteiger charge is -2.36. The summed E-state index contributed by atoms with van der Waals surface area (Å²) in [6, 6.07) is 6.49. The van der Waals surface area contributed by atoms with Crippen molar-refractivity contribution in [2.75, 3.05) is 20.2 Å². The van der Waals surface area contributed by atoms with E-state index in [-0.39, 0.29) is 23.5 Å². The quantitative estimate of drug-likeness (QED) is 0.382. The summed E-state index contributed by atoms with van der Waals surface area (Å²) in [6.45, 7) is 0.766. The number of rotatable bonds is 6. The van der Waals surface area contributed by atoms with Crippen molar-refractivity contribution in [2.45, 2.75) is 50.7 Å². The summed E-state index contributed by atoms with van der Waals surface area (Å²) in [6.07, 6.45) is 7.75. The van der Waals surface area contributed by atoms with Gasteiger partial charge in [-0.05, 0) is 50.0 Å². The predicted octanol–water partition coefficient (Wildman–Crippen LogP) is 2.18. The van der Waals surface area contributed by atoms with E-state index in [1.807, 2.05) is 18.2 Å². The van der Waals surface area contributed by atoms with Crippen LogP contribution in [-0.2, 0) is 19.1 Å². The second kappa shape index (κ2) is 11.6. The maximum Gasteiger partial charge on any atom is 0.308 e. The minimum atomic E-state index is -0.814. The van der Waals surface area contributed by atoms with E-state index in [1.165, 1.54) is 6.08 Å². The zero-order valence-electron chi connectivity index (χ0n) is 18.2. The molecule has 1 unspecified atom stereocenters. The van der Waals surface area contributed by atoms with Crippen molar-refractivity contribution in [3.8, 4) is 5.75 Å². The number of thiocarbonyl (C=S) groups is 1. The normalized spacial score (nSPS) is 19.3. The highest BCUT2D eigenvalue weighted by Gasteiger charge is 2.34. The summed E-state index contributed by atoms with van der Waals surface area (Å²) in [5.74, 6) is -0.522. The third-order valence-electron chi connectivity index (χ3n) is 5.59. The van der Waals surface area contributed by atoms with Crippen molar-refractivity contribution < 1.29 is 23.9 Å². The molecule has 2 amide bonds. The maximum absolute atomic E-state index is 12.5. The van der Waals surface area contributed by atoms with Crippen molar-refractivity contribution in [1.82, 2.24) is 15.5 Å². The Morgan fingerprint density at radius 3 is 2.75 bits per heavy atom. The molecule has 1 saturated heterocycles. The summed E-state index contributed by atoms with van der Waals surface area (Å²) in [4.78, 5) is 38.9. The topological polar surface area (TPSA) is 97.0 Å². The van der Waals surface area contributed by atoms with Gasteiger partial charge in [0.15, 0.2) is 5.11 Å². The maximum atomic E-state index is 12.5. The van der Waals surface area contributed by atoms with Crippen molar-refractivity contribution in [3.05, 3.63) is 35.9 Å². The molecule has 2 aliphatic rings.